The Morgan fingerprint density at radius 2 is 0.818 bits per heavy atom. The molecule has 0 saturated carbocycles. The molecule has 64 valence electrons. The molecule has 0 unspecified atom stereocenters. The average molecular weight is 395 g/mol. The maximum Gasteiger partial charge on any atom is 2.00 e. The molecule has 0 fully saturated rings. The van der Waals surface area contributed by atoms with Crippen molar-refractivity contribution in [2.45, 2.75) is 0 Å². The van der Waals surface area contributed by atoms with Crippen LogP contribution in [0.5, 0.6) is 0 Å². The maximum absolute atomic E-state index is 8.63. The van der Waals surface area contributed by atoms with Gasteiger partial charge in [0.1, 0.15) is 0 Å². The Labute approximate surface area is 83.3 Å². The summed E-state index contributed by atoms with van der Waals surface area (Å²) in [4.78, 5) is 0. The summed E-state index contributed by atoms with van der Waals surface area (Å²) in [5, 5.41) is 0. The van der Waals surface area contributed by atoms with Crippen LogP contribution in [0.25, 0.3) is 0 Å². The zero-order chi connectivity index (χ0) is 9.00. The molecule has 0 radical (unpaired) electrons. The van der Waals surface area contributed by atoms with E-state index in [2.05, 4.69) is 0 Å². The van der Waals surface area contributed by atoms with Crippen LogP contribution in [0.1, 0.15) is 0 Å². The topological polar surface area (TPSA) is 155 Å². The summed E-state index contributed by atoms with van der Waals surface area (Å²) in [6.07, 6.45) is 0. The predicted octanol–water partition coefficient (Wildman–Crippen LogP) is -1.99. The minimum Gasteiger partial charge on any atom is -0.726 e. The van der Waals surface area contributed by atoms with E-state index in [9.17, 15) is 0 Å². The first-order valence-corrected chi connectivity index (χ1v) is 4.10. The molecule has 0 spiro atoms. The molecule has 8 nitrogen and oxygen atoms in total. The van der Waals surface area contributed by atoms with Crippen LogP contribution >= 0.6 is 0 Å². The van der Waals surface area contributed by atoms with Crippen molar-refractivity contribution in [3.05, 3.63) is 0 Å². The first-order chi connectivity index (χ1) is 4.00. The van der Waals surface area contributed by atoms with Crippen LogP contribution in [0.3, 0.4) is 0 Å². The van der Waals surface area contributed by atoms with Gasteiger partial charge in [-0.1, -0.05) is 0 Å². The van der Waals surface area contributed by atoms with Gasteiger partial charge in [0.15, 0.2) is 0 Å². The number of hydrogen-bond acceptors (Lipinski definition) is 6. The second-order valence-corrected chi connectivity index (χ2v) is 2.57. The first-order valence-electron chi connectivity index (χ1n) is 1.37. The van der Waals surface area contributed by atoms with Crippen LogP contribution in [0.4, 0.5) is 0 Å². The summed E-state index contributed by atoms with van der Waals surface area (Å²) in [7, 11) is -9.83. The van der Waals surface area contributed by atoms with Crippen LogP contribution in [0, 0.1) is 0 Å². The normalized spacial score (nSPS) is 10.5. The van der Waals surface area contributed by atoms with Crippen molar-refractivity contribution in [1.29, 1.82) is 0 Å². The van der Waals surface area contributed by atoms with E-state index < -0.39 is 20.8 Å². The Morgan fingerprint density at radius 1 is 0.818 bits per heavy atom. The van der Waals surface area contributed by atoms with E-state index in [-0.39, 0.29) is 27.7 Å². The van der Waals surface area contributed by atoms with Gasteiger partial charge in [-0.25, -0.2) is 16.8 Å². The molecule has 0 bridgehead atoms. The van der Waals surface area contributed by atoms with Crippen molar-refractivity contribution in [3.63, 3.8) is 0 Å². The molecule has 0 aliphatic heterocycles. The molecule has 0 aliphatic carbocycles. The molecule has 0 amide bonds. The first kappa shape index (κ1) is 17.7. The van der Waals surface area contributed by atoms with E-state index in [1.54, 1.807) is 0 Å². The summed E-state index contributed by atoms with van der Waals surface area (Å²) in [6, 6.07) is 0. The van der Waals surface area contributed by atoms with Gasteiger partial charge in [-0.05, 0) is 0 Å². The SMILES string of the molecule is O=S(=O)([O-])O.O=S(=O)([O-])O.[Hg+2]. The summed E-state index contributed by atoms with van der Waals surface area (Å²) in [6.45, 7) is 0. The van der Waals surface area contributed by atoms with Crippen molar-refractivity contribution < 1.29 is 62.7 Å². The van der Waals surface area contributed by atoms with E-state index in [0.29, 0.717) is 0 Å². The van der Waals surface area contributed by atoms with Gasteiger partial charge in [0.2, 0.25) is 20.8 Å². The maximum atomic E-state index is 8.63. The number of hydrogen-bond donors (Lipinski definition) is 2. The van der Waals surface area contributed by atoms with Gasteiger partial charge < -0.3 is 9.11 Å². The molecule has 0 rings (SSSR count). The Kier molecular flexibility index (Phi) is 10.00. The Morgan fingerprint density at radius 3 is 0.818 bits per heavy atom. The van der Waals surface area contributed by atoms with Gasteiger partial charge in [-0.15, -0.1) is 0 Å². The van der Waals surface area contributed by atoms with E-state index in [4.69, 9.17) is 35.0 Å². The molecule has 0 atom stereocenters. The fraction of sp³-hybridized carbons (Fsp3) is 0. The summed E-state index contributed by atoms with van der Waals surface area (Å²) in [5.74, 6) is 0. The quantitative estimate of drug-likeness (QED) is 0.272. The standard InChI is InChI=1S/Hg.2H2O4S/c;2*1-5(2,3)4/h;2*(H2,1,2,3,4)/q+2;;/p-2. The Bertz CT molecular complexity index is 208. The second kappa shape index (κ2) is 6.22. The number of rotatable bonds is 0. The summed E-state index contributed by atoms with van der Waals surface area (Å²) in [5.41, 5.74) is 0. The second-order valence-electron chi connectivity index (χ2n) is 0.855. The molecule has 11 heavy (non-hydrogen) atoms. The van der Waals surface area contributed by atoms with Gasteiger partial charge in [0.25, 0.3) is 0 Å². The third kappa shape index (κ3) is 1760. The van der Waals surface area contributed by atoms with Crippen LogP contribution in [0.2, 0.25) is 0 Å². The monoisotopic (exact) mass is 396 g/mol. The van der Waals surface area contributed by atoms with Crippen molar-refractivity contribution in [2.75, 3.05) is 0 Å². The van der Waals surface area contributed by atoms with Gasteiger partial charge in [0, 0.05) is 0 Å². The Hall–Kier alpha value is 0.675. The van der Waals surface area contributed by atoms with Crippen LogP contribution in [-0.2, 0) is 48.5 Å². The predicted molar refractivity (Wildman–Crippen MR) is 24.7 cm³/mol. The van der Waals surface area contributed by atoms with Crippen LogP contribution in [0.15, 0.2) is 0 Å². The molecule has 0 aromatic rings. The molecule has 0 saturated heterocycles. The fourth-order valence-electron chi connectivity index (χ4n) is 0. The van der Waals surface area contributed by atoms with E-state index in [1.807, 2.05) is 0 Å². The molecule has 0 aromatic heterocycles. The average Bonchev–Trinajstić information content (AvgIpc) is 1.12. The van der Waals surface area contributed by atoms with Gasteiger partial charge in [-0.2, -0.15) is 0 Å². The van der Waals surface area contributed by atoms with E-state index >= 15 is 0 Å². The zero-order valence-corrected chi connectivity index (χ0v) is 12.0. The molecular weight excluding hydrogens is 393 g/mol. The Balaban J connectivity index is -0.000000107. The third-order valence-corrected chi connectivity index (χ3v) is 0. The molecule has 0 aliphatic rings. The largest absolute Gasteiger partial charge is 2.00 e. The van der Waals surface area contributed by atoms with Gasteiger partial charge in [-0.3, -0.25) is 9.11 Å². The summed E-state index contributed by atoms with van der Waals surface area (Å²) >= 11 is 0. The third-order valence-electron chi connectivity index (χ3n) is 0. The molecule has 0 heterocycles. The van der Waals surface area contributed by atoms with Crippen molar-refractivity contribution in [1.82, 2.24) is 0 Å². The van der Waals surface area contributed by atoms with Gasteiger partial charge in [0.05, 0.1) is 0 Å². The summed E-state index contributed by atoms with van der Waals surface area (Å²) < 4.78 is 65.7. The van der Waals surface area contributed by atoms with Crippen LogP contribution in [-0.4, -0.2) is 35.0 Å². The zero-order valence-electron chi connectivity index (χ0n) is 4.87. The van der Waals surface area contributed by atoms with E-state index in [0.717, 1.165) is 0 Å². The smallest absolute Gasteiger partial charge is 0.726 e. The van der Waals surface area contributed by atoms with Gasteiger partial charge >= 0.3 is 27.7 Å². The molecule has 11 heteroatoms. The van der Waals surface area contributed by atoms with Crippen molar-refractivity contribution in [3.8, 4) is 0 Å². The fourth-order valence-corrected chi connectivity index (χ4v) is 0. The molecule has 2 N–H and O–H groups in total. The van der Waals surface area contributed by atoms with Crippen molar-refractivity contribution in [2.24, 2.45) is 0 Å². The minimum atomic E-state index is -4.92. The van der Waals surface area contributed by atoms with Crippen LogP contribution < -0.4 is 0 Å². The molecular formula is H2HgO8S2. The molecule has 0 aromatic carbocycles. The van der Waals surface area contributed by atoms with E-state index in [1.165, 1.54) is 0 Å². The minimum absolute atomic E-state index is 0. The van der Waals surface area contributed by atoms with Crippen molar-refractivity contribution >= 4 is 20.8 Å².